The van der Waals surface area contributed by atoms with Crippen molar-refractivity contribution in [2.75, 3.05) is 6.61 Å². The summed E-state index contributed by atoms with van der Waals surface area (Å²) >= 11 is 5.60. The van der Waals surface area contributed by atoms with Gasteiger partial charge in [-0.25, -0.2) is 14.2 Å². The molecule has 6 atom stereocenters. The normalized spacial score (nSPS) is 33.1. The van der Waals surface area contributed by atoms with Crippen molar-refractivity contribution in [2.45, 2.75) is 49.1 Å². The van der Waals surface area contributed by atoms with E-state index in [1.807, 2.05) is 0 Å². The third kappa shape index (κ3) is 3.28. The lowest BCUT2D eigenvalue weighted by Gasteiger charge is -2.47. The molecule has 0 amide bonds. The van der Waals surface area contributed by atoms with E-state index in [2.05, 4.69) is 22.2 Å². The summed E-state index contributed by atoms with van der Waals surface area (Å²) in [6, 6.07) is -1.35. The van der Waals surface area contributed by atoms with Crippen molar-refractivity contribution in [3.05, 3.63) is 46.5 Å². The highest BCUT2D eigenvalue weighted by Gasteiger charge is 2.69. The molecule has 0 aliphatic carbocycles. The molecule has 33 heavy (non-hydrogen) atoms. The van der Waals surface area contributed by atoms with Gasteiger partial charge in [-0.15, -0.1) is 0 Å². The Bertz CT molecular complexity index is 1050. The van der Waals surface area contributed by atoms with Crippen molar-refractivity contribution in [1.82, 2.24) is 15.5 Å². The third-order valence-electron chi connectivity index (χ3n) is 6.16. The molecule has 0 bridgehead atoms. The fraction of sp³-hybridized carbons (Fsp3) is 0.474. The van der Waals surface area contributed by atoms with Gasteiger partial charge in [-0.05, 0) is 19.1 Å². The van der Waals surface area contributed by atoms with Crippen LogP contribution in [0.5, 0.6) is 0 Å². The molecule has 0 aromatic heterocycles. The number of aliphatic hydroxyl groups excluding tert-OH is 2. The summed E-state index contributed by atoms with van der Waals surface area (Å²) in [6.07, 6.45) is -8.13. The minimum atomic E-state index is -5.07. The quantitative estimate of drug-likeness (QED) is 0.304. The highest BCUT2D eigenvalue weighted by molar-refractivity contribution is 6.31. The standard InChI is InChI=1S/C19H20ClF4N5O4/c1-6-13(33-16(32)11-8(19(22,23)24)3-4-9(20)12(11)21)15(31)18-14(26-7(2)28-18)10(5-30)27-17(25)29(6)18/h3-4,6,10,13-15,26,28,30-31H,2,5H2,1H3,(H2,25,27)/t6?,10?,13-,14?,15?,18?/m0/s1. The zero-order valence-corrected chi connectivity index (χ0v) is 17.8. The number of aliphatic imine (C=N–C) groups is 1. The van der Waals surface area contributed by atoms with Gasteiger partial charge >= 0.3 is 12.1 Å². The molecule has 0 radical (unpaired) electrons. The molecule has 3 aliphatic rings. The van der Waals surface area contributed by atoms with E-state index in [0.29, 0.717) is 12.1 Å². The van der Waals surface area contributed by atoms with Crippen molar-refractivity contribution >= 4 is 23.5 Å². The molecule has 6 N–H and O–H groups in total. The highest BCUT2D eigenvalue weighted by atomic mass is 35.5. The number of nitrogens with zero attached hydrogens (tertiary/aromatic N) is 2. The third-order valence-corrected chi connectivity index (χ3v) is 6.45. The summed E-state index contributed by atoms with van der Waals surface area (Å²) in [6.45, 7) is 4.80. The predicted octanol–water partition coefficient (Wildman–Crippen LogP) is 0.506. The number of halogens is 5. The number of carbonyl (C=O) groups excluding carboxylic acids is 1. The predicted molar refractivity (Wildman–Crippen MR) is 107 cm³/mol. The number of hydrogen-bond donors (Lipinski definition) is 5. The second-order valence-corrected chi connectivity index (χ2v) is 8.40. The molecule has 1 aromatic carbocycles. The van der Waals surface area contributed by atoms with Gasteiger partial charge < -0.3 is 36.2 Å². The number of rotatable bonds is 3. The van der Waals surface area contributed by atoms with E-state index in [1.165, 1.54) is 11.8 Å². The molecule has 3 aliphatic heterocycles. The number of nitrogens with one attached hydrogen (secondary N) is 2. The number of esters is 1. The van der Waals surface area contributed by atoms with Crippen molar-refractivity contribution in [3.8, 4) is 0 Å². The number of ether oxygens (including phenoxy) is 1. The van der Waals surface area contributed by atoms with Crippen LogP contribution in [0.25, 0.3) is 0 Å². The second kappa shape index (κ2) is 7.64. The Morgan fingerprint density at radius 1 is 1.45 bits per heavy atom. The maximum Gasteiger partial charge on any atom is 0.417 e. The molecule has 14 heteroatoms. The number of benzene rings is 1. The van der Waals surface area contributed by atoms with Crippen LogP contribution in [-0.2, 0) is 10.9 Å². The molecule has 180 valence electrons. The lowest BCUT2D eigenvalue weighted by Crippen LogP contribution is -2.73. The fourth-order valence-corrected chi connectivity index (χ4v) is 4.99. The van der Waals surface area contributed by atoms with Crippen molar-refractivity contribution in [1.29, 1.82) is 0 Å². The van der Waals surface area contributed by atoms with Crippen LogP contribution in [0.3, 0.4) is 0 Å². The van der Waals surface area contributed by atoms with Gasteiger partial charge in [0.25, 0.3) is 0 Å². The Morgan fingerprint density at radius 2 is 2.12 bits per heavy atom. The first-order chi connectivity index (χ1) is 15.3. The molecule has 0 saturated carbocycles. The van der Waals surface area contributed by atoms with Crippen LogP contribution in [0.2, 0.25) is 5.02 Å². The van der Waals surface area contributed by atoms with Gasteiger partial charge in [0.15, 0.2) is 23.5 Å². The number of carbonyl (C=O) groups is 1. The smallest absolute Gasteiger partial charge is 0.417 e. The number of hydrogen-bond acceptors (Lipinski definition) is 9. The number of guanidine groups is 1. The molecule has 2 saturated heterocycles. The lowest BCUT2D eigenvalue weighted by molar-refractivity contribution is -0.138. The molecule has 1 aromatic rings. The first-order valence-corrected chi connectivity index (χ1v) is 10.1. The van der Waals surface area contributed by atoms with E-state index in [9.17, 15) is 32.6 Å². The minimum absolute atomic E-state index is 0.107. The number of nitrogens with two attached hydrogens (primary N) is 1. The van der Waals surface area contributed by atoms with Crippen LogP contribution in [0.1, 0.15) is 22.8 Å². The molecule has 3 heterocycles. The van der Waals surface area contributed by atoms with Gasteiger partial charge in [-0.3, -0.25) is 0 Å². The lowest BCUT2D eigenvalue weighted by atomic mass is 9.88. The van der Waals surface area contributed by atoms with Gasteiger partial charge in [-0.1, -0.05) is 18.2 Å². The molecule has 2 fully saturated rings. The summed E-state index contributed by atoms with van der Waals surface area (Å²) in [4.78, 5) is 18.4. The van der Waals surface area contributed by atoms with Crippen LogP contribution in [0.4, 0.5) is 17.6 Å². The van der Waals surface area contributed by atoms with Gasteiger partial charge in [0.05, 0.1) is 35.1 Å². The Labute approximate surface area is 189 Å². The van der Waals surface area contributed by atoms with E-state index in [1.54, 1.807) is 0 Å². The highest BCUT2D eigenvalue weighted by Crippen LogP contribution is 2.44. The Kier molecular flexibility index (Phi) is 5.41. The average Bonchev–Trinajstić information content (AvgIpc) is 3.17. The average molecular weight is 494 g/mol. The summed E-state index contributed by atoms with van der Waals surface area (Å²) in [7, 11) is 0. The molecule has 1 spiro atoms. The summed E-state index contributed by atoms with van der Waals surface area (Å²) in [5.74, 6) is -3.11. The fourth-order valence-electron chi connectivity index (χ4n) is 4.83. The van der Waals surface area contributed by atoms with Crippen LogP contribution < -0.4 is 16.4 Å². The molecule has 9 nitrogen and oxygen atoms in total. The summed E-state index contributed by atoms with van der Waals surface area (Å²) < 4.78 is 60.0. The van der Waals surface area contributed by atoms with E-state index >= 15 is 0 Å². The van der Waals surface area contributed by atoms with Crippen molar-refractivity contribution in [2.24, 2.45) is 10.7 Å². The van der Waals surface area contributed by atoms with Crippen molar-refractivity contribution in [3.63, 3.8) is 0 Å². The number of aliphatic hydroxyl groups is 2. The summed E-state index contributed by atoms with van der Waals surface area (Å²) in [5.41, 5.74) is 1.60. The van der Waals surface area contributed by atoms with Gasteiger partial charge in [0.1, 0.15) is 17.7 Å². The Hall–Kier alpha value is -2.77. The van der Waals surface area contributed by atoms with Crippen LogP contribution in [-0.4, -0.2) is 69.6 Å². The molecular formula is C19H20ClF4N5O4. The van der Waals surface area contributed by atoms with Gasteiger partial charge in [0.2, 0.25) is 0 Å². The maximum absolute atomic E-state index is 14.5. The van der Waals surface area contributed by atoms with Gasteiger partial charge in [-0.2, -0.15) is 13.2 Å². The van der Waals surface area contributed by atoms with Crippen LogP contribution in [0.15, 0.2) is 29.5 Å². The molecular weight excluding hydrogens is 474 g/mol. The van der Waals surface area contributed by atoms with E-state index in [-0.39, 0.29) is 11.8 Å². The van der Waals surface area contributed by atoms with Gasteiger partial charge in [0, 0.05) is 0 Å². The monoisotopic (exact) mass is 493 g/mol. The van der Waals surface area contributed by atoms with Crippen molar-refractivity contribution < 1.29 is 37.3 Å². The molecule has 4 rings (SSSR count). The first kappa shape index (κ1) is 23.4. The number of alkyl halides is 3. The Balaban J connectivity index is 1.74. The molecule has 5 unspecified atom stereocenters. The minimum Gasteiger partial charge on any atom is -0.454 e. The van der Waals surface area contributed by atoms with E-state index in [0.717, 1.165) is 0 Å². The second-order valence-electron chi connectivity index (χ2n) is 8.00. The first-order valence-electron chi connectivity index (χ1n) is 9.76. The zero-order valence-electron chi connectivity index (χ0n) is 17.0. The van der Waals surface area contributed by atoms with Crippen LogP contribution in [0, 0.1) is 5.82 Å². The topological polar surface area (TPSA) is 132 Å². The maximum atomic E-state index is 14.5. The zero-order chi connectivity index (χ0) is 24.5. The SMILES string of the molecule is C=C1NC2C(CO)N=C(N)N3C(C)[C@H](OC(=O)c4c(C(F)(F)F)ccc(Cl)c4F)C(O)C23N1. The Morgan fingerprint density at radius 3 is 2.73 bits per heavy atom. The summed E-state index contributed by atoms with van der Waals surface area (Å²) in [5, 5.41) is 26.1. The van der Waals surface area contributed by atoms with E-state index in [4.69, 9.17) is 22.1 Å². The van der Waals surface area contributed by atoms with E-state index < -0.39 is 76.7 Å². The van der Waals surface area contributed by atoms with Crippen LogP contribution >= 0.6 is 11.6 Å². The largest absolute Gasteiger partial charge is 0.454 e.